The second-order valence-electron chi connectivity index (χ2n) is 5.43. The maximum atomic E-state index is 12.0. The molecule has 2 aromatic rings. The van der Waals surface area contributed by atoms with Crippen LogP contribution in [0.4, 0.5) is 5.00 Å². The largest absolute Gasteiger partial charge is 0.462 e. The van der Waals surface area contributed by atoms with Gasteiger partial charge in [0.15, 0.2) is 0 Å². The van der Waals surface area contributed by atoms with Crippen molar-refractivity contribution in [3.63, 3.8) is 0 Å². The minimum Gasteiger partial charge on any atom is -0.462 e. The van der Waals surface area contributed by atoms with Crippen LogP contribution >= 0.6 is 11.3 Å². The van der Waals surface area contributed by atoms with Crippen LogP contribution in [-0.4, -0.2) is 12.6 Å². The Hall–Kier alpha value is -1.81. The second-order valence-corrected chi connectivity index (χ2v) is 6.34. The molecule has 0 amide bonds. The van der Waals surface area contributed by atoms with Crippen LogP contribution in [-0.2, 0) is 4.74 Å². The fraction of sp³-hybridized carbons (Fsp3) is 0.353. The SMILES string of the molecule is CCOC(=O)c1c(C2CC(c3ccccc3)C2)csc1N. The summed E-state index contributed by atoms with van der Waals surface area (Å²) in [6.45, 7) is 2.19. The summed E-state index contributed by atoms with van der Waals surface area (Å²) >= 11 is 1.44. The number of esters is 1. The molecule has 3 rings (SSSR count). The van der Waals surface area contributed by atoms with Gasteiger partial charge in [-0.15, -0.1) is 11.3 Å². The average molecular weight is 301 g/mol. The number of hydrogen-bond donors (Lipinski definition) is 1. The highest BCUT2D eigenvalue weighted by Gasteiger charge is 2.35. The molecule has 3 nitrogen and oxygen atoms in total. The van der Waals surface area contributed by atoms with Gasteiger partial charge in [-0.25, -0.2) is 4.79 Å². The first-order chi connectivity index (χ1) is 10.2. The van der Waals surface area contributed by atoms with Crippen LogP contribution < -0.4 is 5.73 Å². The number of anilines is 1. The van der Waals surface area contributed by atoms with Crippen LogP contribution in [0.2, 0.25) is 0 Å². The van der Waals surface area contributed by atoms with Crippen LogP contribution in [0.3, 0.4) is 0 Å². The zero-order chi connectivity index (χ0) is 14.8. The minimum absolute atomic E-state index is 0.283. The molecule has 4 heteroatoms. The molecule has 0 atom stereocenters. The van der Waals surface area contributed by atoms with Gasteiger partial charge < -0.3 is 10.5 Å². The van der Waals surface area contributed by atoms with Gasteiger partial charge in [0.25, 0.3) is 0 Å². The number of carbonyl (C=O) groups is 1. The molecule has 0 spiro atoms. The van der Waals surface area contributed by atoms with E-state index in [1.165, 1.54) is 16.9 Å². The fourth-order valence-electron chi connectivity index (χ4n) is 2.98. The van der Waals surface area contributed by atoms with Gasteiger partial charge in [-0.2, -0.15) is 0 Å². The van der Waals surface area contributed by atoms with Gasteiger partial charge in [0.2, 0.25) is 0 Å². The molecule has 2 N–H and O–H groups in total. The van der Waals surface area contributed by atoms with Crippen molar-refractivity contribution in [3.8, 4) is 0 Å². The highest BCUT2D eigenvalue weighted by Crippen LogP contribution is 2.50. The van der Waals surface area contributed by atoms with Gasteiger partial charge in [0.05, 0.1) is 12.2 Å². The summed E-state index contributed by atoms with van der Waals surface area (Å²) in [5.74, 6) is 0.727. The highest BCUT2D eigenvalue weighted by atomic mass is 32.1. The normalized spacial score (nSPS) is 20.8. The summed E-state index contributed by atoms with van der Waals surface area (Å²) in [6, 6.07) is 10.5. The summed E-state index contributed by atoms with van der Waals surface area (Å²) in [5, 5.41) is 2.60. The molecule has 1 aliphatic carbocycles. The van der Waals surface area contributed by atoms with E-state index in [2.05, 4.69) is 24.3 Å². The first-order valence-electron chi connectivity index (χ1n) is 7.29. The number of rotatable bonds is 4. The van der Waals surface area contributed by atoms with Gasteiger partial charge in [0, 0.05) is 0 Å². The number of thiophene rings is 1. The van der Waals surface area contributed by atoms with Crippen LogP contribution in [0, 0.1) is 0 Å². The van der Waals surface area contributed by atoms with E-state index in [1.807, 2.05) is 18.4 Å². The number of nitrogen functional groups attached to an aromatic ring is 1. The van der Waals surface area contributed by atoms with E-state index >= 15 is 0 Å². The lowest BCUT2D eigenvalue weighted by Gasteiger charge is -2.36. The van der Waals surface area contributed by atoms with Crippen LogP contribution in [0.5, 0.6) is 0 Å². The summed E-state index contributed by atoms with van der Waals surface area (Å²) in [4.78, 5) is 12.0. The Morgan fingerprint density at radius 1 is 1.29 bits per heavy atom. The number of hydrogen-bond acceptors (Lipinski definition) is 4. The van der Waals surface area contributed by atoms with E-state index in [-0.39, 0.29) is 5.97 Å². The summed E-state index contributed by atoms with van der Waals surface area (Å²) < 4.78 is 5.13. The van der Waals surface area contributed by atoms with Gasteiger partial charge in [-0.1, -0.05) is 30.3 Å². The Balaban J connectivity index is 1.74. The quantitative estimate of drug-likeness (QED) is 0.862. The molecule has 1 heterocycles. The molecular weight excluding hydrogens is 282 g/mol. The number of carbonyl (C=O) groups excluding carboxylic acids is 1. The van der Waals surface area contributed by atoms with Crippen LogP contribution in [0.25, 0.3) is 0 Å². The predicted octanol–water partition coefficient (Wildman–Crippen LogP) is 4.17. The maximum absolute atomic E-state index is 12.0. The Morgan fingerprint density at radius 2 is 2.00 bits per heavy atom. The molecule has 1 aliphatic rings. The number of benzene rings is 1. The van der Waals surface area contributed by atoms with E-state index in [1.54, 1.807) is 0 Å². The van der Waals surface area contributed by atoms with Crippen molar-refractivity contribution in [3.05, 3.63) is 52.4 Å². The van der Waals surface area contributed by atoms with Gasteiger partial charge >= 0.3 is 5.97 Å². The molecule has 0 unspecified atom stereocenters. The molecule has 1 aromatic carbocycles. The Kier molecular flexibility index (Phi) is 3.97. The third kappa shape index (κ3) is 2.68. The van der Waals surface area contributed by atoms with Gasteiger partial charge in [0.1, 0.15) is 5.00 Å². The third-order valence-corrected chi connectivity index (χ3v) is 5.01. The minimum atomic E-state index is -0.283. The Bertz CT molecular complexity index is 629. The lowest BCUT2D eigenvalue weighted by molar-refractivity contribution is 0.0525. The fourth-order valence-corrected chi connectivity index (χ4v) is 3.86. The first kappa shape index (κ1) is 14.1. The predicted molar refractivity (Wildman–Crippen MR) is 85.8 cm³/mol. The molecule has 0 saturated heterocycles. The van der Waals surface area contributed by atoms with Crippen molar-refractivity contribution in [2.75, 3.05) is 12.3 Å². The molecule has 0 bridgehead atoms. The van der Waals surface area contributed by atoms with Crippen molar-refractivity contribution >= 4 is 22.3 Å². The van der Waals surface area contributed by atoms with E-state index in [0.717, 1.165) is 18.4 Å². The number of ether oxygens (including phenoxy) is 1. The summed E-state index contributed by atoms with van der Waals surface area (Å²) in [7, 11) is 0. The monoisotopic (exact) mass is 301 g/mol. The first-order valence-corrected chi connectivity index (χ1v) is 8.17. The Labute approximate surface area is 128 Å². The third-order valence-electron chi connectivity index (χ3n) is 4.18. The molecule has 1 fully saturated rings. The van der Waals surface area contributed by atoms with Crippen molar-refractivity contribution in [1.29, 1.82) is 0 Å². The molecule has 110 valence electrons. The highest BCUT2D eigenvalue weighted by molar-refractivity contribution is 7.14. The zero-order valence-corrected chi connectivity index (χ0v) is 12.9. The van der Waals surface area contributed by atoms with E-state index in [4.69, 9.17) is 10.5 Å². The van der Waals surface area contributed by atoms with Gasteiger partial charge in [-0.05, 0) is 48.1 Å². The van der Waals surface area contributed by atoms with Crippen molar-refractivity contribution in [1.82, 2.24) is 0 Å². The topological polar surface area (TPSA) is 52.3 Å². The maximum Gasteiger partial charge on any atom is 0.341 e. The van der Waals surface area contributed by atoms with E-state index < -0.39 is 0 Å². The zero-order valence-electron chi connectivity index (χ0n) is 12.0. The smallest absolute Gasteiger partial charge is 0.341 e. The molecule has 0 aliphatic heterocycles. The molecule has 21 heavy (non-hydrogen) atoms. The lowest BCUT2D eigenvalue weighted by atomic mass is 9.68. The average Bonchev–Trinajstić information content (AvgIpc) is 2.80. The standard InChI is InChI=1S/C17H19NO2S/c1-2-20-17(19)15-14(10-21-16(15)18)13-8-12(9-13)11-6-4-3-5-7-11/h3-7,10,12-13H,2,8-9,18H2,1H3. The van der Waals surface area contributed by atoms with E-state index in [0.29, 0.717) is 29.0 Å². The summed E-state index contributed by atoms with van der Waals surface area (Å²) in [6.07, 6.45) is 2.15. The summed E-state index contributed by atoms with van der Waals surface area (Å²) in [5.41, 5.74) is 9.00. The molecule has 1 aromatic heterocycles. The molecule has 0 radical (unpaired) electrons. The molecule has 1 saturated carbocycles. The molecular formula is C17H19NO2S. The Morgan fingerprint density at radius 3 is 2.67 bits per heavy atom. The van der Waals surface area contributed by atoms with Crippen LogP contribution in [0.15, 0.2) is 35.7 Å². The number of nitrogens with two attached hydrogens (primary N) is 1. The van der Waals surface area contributed by atoms with Crippen molar-refractivity contribution < 1.29 is 9.53 Å². The van der Waals surface area contributed by atoms with Crippen molar-refractivity contribution in [2.24, 2.45) is 0 Å². The van der Waals surface area contributed by atoms with Gasteiger partial charge in [-0.3, -0.25) is 0 Å². The lowest BCUT2D eigenvalue weighted by Crippen LogP contribution is -2.22. The van der Waals surface area contributed by atoms with Crippen LogP contribution in [0.1, 0.15) is 53.1 Å². The van der Waals surface area contributed by atoms with E-state index in [9.17, 15) is 4.79 Å². The second kappa shape index (κ2) is 5.90. The van der Waals surface area contributed by atoms with Crippen molar-refractivity contribution in [2.45, 2.75) is 31.6 Å².